The van der Waals surface area contributed by atoms with Gasteiger partial charge in [0.1, 0.15) is 18.1 Å². The van der Waals surface area contributed by atoms with E-state index in [1.54, 1.807) is 0 Å². The third kappa shape index (κ3) is 4.89. The highest BCUT2D eigenvalue weighted by Crippen LogP contribution is 2.42. The van der Waals surface area contributed by atoms with E-state index in [0.29, 0.717) is 6.61 Å². The van der Waals surface area contributed by atoms with Crippen LogP contribution in [0.1, 0.15) is 13.8 Å². The van der Waals surface area contributed by atoms with E-state index in [2.05, 4.69) is 67.3 Å². The number of ether oxygens (including phenoxy) is 1. The number of rotatable bonds is 9. The molecule has 0 fully saturated rings. The van der Waals surface area contributed by atoms with Gasteiger partial charge in [-0.3, -0.25) is 0 Å². The summed E-state index contributed by atoms with van der Waals surface area (Å²) in [7, 11) is 0. The van der Waals surface area contributed by atoms with Gasteiger partial charge in [-0.2, -0.15) is 0 Å². The predicted molar refractivity (Wildman–Crippen MR) is 128 cm³/mol. The standard InChI is InChI=1S/C28H29NO2/c1-3-29(4-2)19-20-30-25-17-15-23(16-18-25)27-26(22-11-7-5-8-12-22)21-31-28(27)24-13-9-6-10-14-24/h5-18,21H,3-4,19-20H2,1-2H3. The van der Waals surface area contributed by atoms with Crippen LogP contribution < -0.4 is 4.74 Å². The van der Waals surface area contributed by atoms with Crippen LogP contribution >= 0.6 is 0 Å². The SMILES string of the molecule is CCN(CC)CCOc1ccc(-c2c(-c3ccccc3)coc2-c2ccccc2)cc1. The first-order valence-corrected chi connectivity index (χ1v) is 11.0. The second-order valence-corrected chi connectivity index (χ2v) is 7.49. The Balaban J connectivity index is 1.64. The van der Waals surface area contributed by atoms with Crippen molar-refractivity contribution in [1.29, 1.82) is 0 Å². The molecule has 3 aromatic carbocycles. The van der Waals surface area contributed by atoms with Crippen LogP contribution in [0.4, 0.5) is 0 Å². The first-order valence-electron chi connectivity index (χ1n) is 11.0. The van der Waals surface area contributed by atoms with Crippen LogP contribution in [0.15, 0.2) is 95.6 Å². The molecule has 31 heavy (non-hydrogen) atoms. The number of hydrogen-bond donors (Lipinski definition) is 0. The van der Waals surface area contributed by atoms with Gasteiger partial charge in [-0.15, -0.1) is 0 Å². The third-order valence-electron chi connectivity index (χ3n) is 5.63. The largest absolute Gasteiger partial charge is 0.492 e. The Morgan fingerprint density at radius 2 is 1.32 bits per heavy atom. The van der Waals surface area contributed by atoms with E-state index in [9.17, 15) is 0 Å². The highest BCUT2D eigenvalue weighted by atomic mass is 16.5. The van der Waals surface area contributed by atoms with Crippen molar-refractivity contribution in [2.75, 3.05) is 26.2 Å². The minimum Gasteiger partial charge on any atom is -0.492 e. The van der Waals surface area contributed by atoms with Gasteiger partial charge in [-0.1, -0.05) is 86.6 Å². The second-order valence-electron chi connectivity index (χ2n) is 7.49. The van der Waals surface area contributed by atoms with E-state index in [1.807, 2.05) is 42.7 Å². The molecule has 4 aromatic rings. The lowest BCUT2D eigenvalue weighted by molar-refractivity contribution is 0.223. The third-order valence-corrected chi connectivity index (χ3v) is 5.63. The molecule has 0 bridgehead atoms. The minimum absolute atomic E-state index is 0.692. The minimum atomic E-state index is 0.692. The lowest BCUT2D eigenvalue weighted by Gasteiger charge is -2.18. The predicted octanol–water partition coefficient (Wildman–Crippen LogP) is 7.00. The lowest BCUT2D eigenvalue weighted by Crippen LogP contribution is -2.27. The van der Waals surface area contributed by atoms with Crippen LogP contribution in [0.25, 0.3) is 33.6 Å². The normalized spacial score (nSPS) is 11.1. The average Bonchev–Trinajstić information content (AvgIpc) is 3.29. The van der Waals surface area contributed by atoms with Gasteiger partial charge in [0.05, 0.1) is 6.26 Å². The van der Waals surface area contributed by atoms with Crippen molar-refractivity contribution in [3.8, 4) is 39.3 Å². The summed E-state index contributed by atoms with van der Waals surface area (Å²) in [5, 5.41) is 0. The maximum absolute atomic E-state index is 6.10. The summed E-state index contributed by atoms with van der Waals surface area (Å²) < 4.78 is 12.1. The fourth-order valence-corrected chi connectivity index (χ4v) is 3.83. The summed E-state index contributed by atoms with van der Waals surface area (Å²) in [6, 6.07) is 29.0. The molecule has 158 valence electrons. The average molecular weight is 412 g/mol. The quantitative estimate of drug-likeness (QED) is 0.296. The van der Waals surface area contributed by atoms with Crippen LogP contribution in [0.3, 0.4) is 0 Å². The molecule has 0 aliphatic carbocycles. The van der Waals surface area contributed by atoms with E-state index in [4.69, 9.17) is 9.15 Å². The molecular weight excluding hydrogens is 382 g/mol. The fourth-order valence-electron chi connectivity index (χ4n) is 3.83. The molecule has 0 aliphatic rings. The Bertz CT molecular complexity index is 1010. The van der Waals surface area contributed by atoms with Crippen LogP contribution in [-0.2, 0) is 0 Å². The monoisotopic (exact) mass is 411 g/mol. The Kier molecular flexibility index (Phi) is 6.85. The van der Waals surface area contributed by atoms with Crippen molar-refractivity contribution in [2.24, 2.45) is 0 Å². The second kappa shape index (κ2) is 10.1. The van der Waals surface area contributed by atoms with Gasteiger partial charge in [-0.05, 0) is 36.3 Å². The molecule has 1 aromatic heterocycles. The Morgan fingerprint density at radius 3 is 1.94 bits per heavy atom. The molecule has 0 atom stereocenters. The van der Waals surface area contributed by atoms with E-state index < -0.39 is 0 Å². The van der Waals surface area contributed by atoms with Gasteiger partial charge in [0.25, 0.3) is 0 Å². The van der Waals surface area contributed by atoms with E-state index in [-0.39, 0.29) is 0 Å². The topological polar surface area (TPSA) is 25.6 Å². The molecule has 0 N–H and O–H groups in total. The van der Waals surface area contributed by atoms with Gasteiger partial charge < -0.3 is 14.1 Å². The summed E-state index contributed by atoms with van der Waals surface area (Å²) >= 11 is 0. The first kappa shape index (κ1) is 21.0. The Morgan fingerprint density at radius 1 is 0.710 bits per heavy atom. The van der Waals surface area contributed by atoms with Crippen molar-refractivity contribution in [3.63, 3.8) is 0 Å². The fraction of sp³-hybridized carbons (Fsp3) is 0.214. The summed E-state index contributed by atoms with van der Waals surface area (Å²) in [6.07, 6.45) is 1.86. The molecule has 0 saturated heterocycles. The van der Waals surface area contributed by atoms with Gasteiger partial charge in [0.2, 0.25) is 0 Å². The number of likely N-dealkylation sites (N-methyl/N-ethyl adjacent to an activating group) is 1. The summed E-state index contributed by atoms with van der Waals surface area (Å²) in [4.78, 5) is 2.36. The van der Waals surface area contributed by atoms with Crippen LogP contribution in [0.2, 0.25) is 0 Å². The summed E-state index contributed by atoms with van der Waals surface area (Å²) in [5.41, 5.74) is 5.52. The molecule has 0 radical (unpaired) electrons. The molecule has 3 nitrogen and oxygen atoms in total. The first-order chi connectivity index (χ1) is 15.3. The van der Waals surface area contributed by atoms with Crippen LogP contribution in [0, 0.1) is 0 Å². The van der Waals surface area contributed by atoms with Crippen LogP contribution in [-0.4, -0.2) is 31.1 Å². The molecular formula is C28H29NO2. The number of nitrogens with zero attached hydrogens (tertiary/aromatic N) is 1. The lowest BCUT2D eigenvalue weighted by atomic mass is 9.94. The van der Waals surface area contributed by atoms with Crippen molar-refractivity contribution in [2.45, 2.75) is 13.8 Å². The zero-order chi connectivity index (χ0) is 21.5. The highest BCUT2D eigenvalue weighted by molar-refractivity contribution is 5.92. The van der Waals surface area contributed by atoms with Gasteiger partial charge in [0.15, 0.2) is 0 Å². The van der Waals surface area contributed by atoms with Crippen molar-refractivity contribution in [3.05, 3.63) is 91.2 Å². The Hall–Kier alpha value is -3.30. The zero-order valence-corrected chi connectivity index (χ0v) is 18.3. The van der Waals surface area contributed by atoms with Crippen molar-refractivity contribution >= 4 is 0 Å². The number of hydrogen-bond acceptors (Lipinski definition) is 3. The molecule has 0 unspecified atom stereocenters. The molecule has 0 spiro atoms. The maximum Gasteiger partial charge on any atom is 0.142 e. The summed E-state index contributed by atoms with van der Waals surface area (Å²) in [5.74, 6) is 1.77. The van der Waals surface area contributed by atoms with Crippen LogP contribution in [0.5, 0.6) is 5.75 Å². The molecule has 0 amide bonds. The van der Waals surface area contributed by atoms with Gasteiger partial charge in [-0.25, -0.2) is 0 Å². The molecule has 1 heterocycles. The number of furan rings is 1. The van der Waals surface area contributed by atoms with Gasteiger partial charge in [0, 0.05) is 23.2 Å². The molecule has 4 rings (SSSR count). The van der Waals surface area contributed by atoms with E-state index >= 15 is 0 Å². The number of benzene rings is 3. The smallest absolute Gasteiger partial charge is 0.142 e. The summed E-state index contributed by atoms with van der Waals surface area (Å²) in [6.45, 7) is 8.08. The Labute approximate surface area is 184 Å². The molecule has 0 saturated carbocycles. The van der Waals surface area contributed by atoms with Gasteiger partial charge >= 0.3 is 0 Å². The molecule has 0 aliphatic heterocycles. The maximum atomic E-state index is 6.10. The van der Waals surface area contributed by atoms with E-state index in [1.165, 1.54) is 0 Å². The van der Waals surface area contributed by atoms with Crippen molar-refractivity contribution < 1.29 is 9.15 Å². The van der Waals surface area contributed by atoms with E-state index in [0.717, 1.165) is 59.0 Å². The molecule has 3 heteroatoms. The zero-order valence-electron chi connectivity index (χ0n) is 18.3. The highest BCUT2D eigenvalue weighted by Gasteiger charge is 2.18. The van der Waals surface area contributed by atoms with Crippen molar-refractivity contribution in [1.82, 2.24) is 4.90 Å².